The molecule has 0 aromatic carbocycles. The number of nitrogens with one attached hydrogen (secondary N) is 1. The standard InChI is InChI=1S/C14H23N3/c1-11(2)17-9-12-5-3-4-6-14(12)13-7-15-10-16-8-13/h7-8,10-12,14,17H,3-6,9H2,1-2H3. The molecule has 1 heterocycles. The smallest absolute Gasteiger partial charge is 0.115 e. The maximum Gasteiger partial charge on any atom is 0.115 e. The molecule has 0 aliphatic heterocycles. The SMILES string of the molecule is CC(C)NCC1CCCCC1c1cncnc1. The van der Waals surface area contributed by atoms with Crippen molar-refractivity contribution in [2.45, 2.75) is 51.5 Å². The summed E-state index contributed by atoms with van der Waals surface area (Å²) in [7, 11) is 0. The van der Waals surface area contributed by atoms with Crippen LogP contribution in [0.2, 0.25) is 0 Å². The highest BCUT2D eigenvalue weighted by Gasteiger charge is 2.26. The van der Waals surface area contributed by atoms with E-state index in [-0.39, 0.29) is 0 Å². The summed E-state index contributed by atoms with van der Waals surface area (Å²) in [5, 5.41) is 3.57. The van der Waals surface area contributed by atoms with Crippen LogP contribution in [0, 0.1) is 5.92 Å². The lowest BCUT2D eigenvalue weighted by molar-refractivity contribution is 0.288. The average Bonchev–Trinajstić information content (AvgIpc) is 2.38. The Kier molecular flexibility index (Phi) is 4.49. The zero-order chi connectivity index (χ0) is 12.1. The summed E-state index contributed by atoms with van der Waals surface area (Å²) in [5.74, 6) is 1.40. The molecule has 0 bridgehead atoms. The second kappa shape index (κ2) is 6.10. The van der Waals surface area contributed by atoms with Gasteiger partial charge in [0, 0.05) is 18.4 Å². The second-order valence-corrected chi connectivity index (χ2v) is 5.39. The van der Waals surface area contributed by atoms with Gasteiger partial charge in [-0.05, 0) is 36.8 Å². The number of nitrogens with zero attached hydrogens (tertiary/aromatic N) is 2. The number of rotatable bonds is 4. The molecule has 2 unspecified atom stereocenters. The number of aromatic nitrogens is 2. The third kappa shape index (κ3) is 3.50. The van der Waals surface area contributed by atoms with E-state index in [0.29, 0.717) is 12.0 Å². The van der Waals surface area contributed by atoms with E-state index in [1.54, 1.807) is 6.33 Å². The van der Waals surface area contributed by atoms with E-state index in [1.165, 1.54) is 31.2 Å². The molecule has 1 aliphatic carbocycles. The first-order valence-electron chi connectivity index (χ1n) is 6.75. The zero-order valence-electron chi connectivity index (χ0n) is 10.9. The van der Waals surface area contributed by atoms with Gasteiger partial charge < -0.3 is 5.32 Å². The molecule has 0 amide bonds. The first kappa shape index (κ1) is 12.5. The largest absolute Gasteiger partial charge is 0.314 e. The molecule has 1 aliphatic rings. The van der Waals surface area contributed by atoms with Crippen molar-refractivity contribution in [1.29, 1.82) is 0 Å². The molecule has 1 N–H and O–H groups in total. The van der Waals surface area contributed by atoms with E-state index in [0.717, 1.165) is 12.5 Å². The molecule has 0 radical (unpaired) electrons. The van der Waals surface area contributed by atoms with Crippen LogP contribution in [0.1, 0.15) is 51.0 Å². The molecule has 1 saturated carbocycles. The average molecular weight is 233 g/mol. The summed E-state index contributed by atoms with van der Waals surface area (Å²) in [6.07, 6.45) is 10.9. The van der Waals surface area contributed by atoms with Gasteiger partial charge in [0.15, 0.2) is 0 Å². The fourth-order valence-corrected chi connectivity index (χ4v) is 2.78. The first-order valence-corrected chi connectivity index (χ1v) is 6.75. The summed E-state index contributed by atoms with van der Waals surface area (Å²) in [5.41, 5.74) is 1.32. The van der Waals surface area contributed by atoms with Crippen molar-refractivity contribution in [3.8, 4) is 0 Å². The van der Waals surface area contributed by atoms with Crippen LogP contribution in [-0.4, -0.2) is 22.6 Å². The summed E-state index contributed by atoms with van der Waals surface area (Å²) in [6, 6.07) is 0.574. The van der Waals surface area contributed by atoms with Crippen LogP contribution in [0.4, 0.5) is 0 Å². The van der Waals surface area contributed by atoms with E-state index in [2.05, 4.69) is 29.1 Å². The minimum atomic E-state index is 0.574. The zero-order valence-corrected chi connectivity index (χ0v) is 10.9. The topological polar surface area (TPSA) is 37.8 Å². The maximum atomic E-state index is 4.16. The van der Waals surface area contributed by atoms with E-state index in [1.807, 2.05) is 12.4 Å². The van der Waals surface area contributed by atoms with E-state index >= 15 is 0 Å². The summed E-state index contributed by atoms with van der Waals surface area (Å²) < 4.78 is 0. The van der Waals surface area contributed by atoms with E-state index < -0.39 is 0 Å². The molecule has 17 heavy (non-hydrogen) atoms. The lowest BCUT2D eigenvalue weighted by atomic mass is 9.76. The van der Waals surface area contributed by atoms with Gasteiger partial charge in [0.2, 0.25) is 0 Å². The Balaban J connectivity index is 2.02. The van der Waals surface area contributed by atoms with Gasteiger partial charge in [0.05, 0.1) is 0 Å². The van der Waals surface area contributed by atoms with Crippen LogP contribution >= 0.6 is 0 Å². The van der Waals surface area contributed by atoms with Crippen molar-refractivity contribution in [2.75, 3.05) is 6.54 Å². The molecule has 1 aromatic heterocycles. The summed E-state index contributed by atoms with van der Waals surface area (Å²) in [6.45, 7) is 5.55. The molecule has 94 valence electrons. The lowest BCUT2D eigenvalue weighted by Crippen LogP contribution is -2.33. The molecule has 3 heteroatoms. The quantitative estimate of drug-likeness (QED) is 0.869. The molecular weight excluding hydrogens is 210 g/mol. The van der Waals surface area contributed by atoms with Gasteiger partial charge in [-0.2, -0.15) is 0 Å². The van der Waals surface area contributed by atoms with Crippen LogP contribution in [0.5, 0.6) is 0 Å². The Morgan fingerprint density at radius 1 is 1.24 bits per heavy atom. The minimum Gasteiger partial charge on any atom is -0.314 e. The third-order valence-electron chi connectivity index (χ3n) is 3.71. The first-order chi connectivity index (χ1) is 8.27. The van der Waals surface area contributed by atoms with Gasteiger partial charge in [-0.25, -0.2) is 9.97 Å². The van der Waals surface area contributed by atoms with Crippen molar-refractivity contribution >= 4 is 0 Å². The highest BCUT2D eigenvalue weighted by Crippen LogP contribution is 2.36. The van der Waals surface area contributed by atoms with Gasteiger partial charge in [-0.15, -0.1) is 0 Å². The molecule has 1 fully saturated rings. The van der Waals surface area contributed by atoms with E-state index in [4.69, 9.17) is 0 Å². The van der Waals surface area contributed by atoms with Crippen molar-refractivity contribution in [3.63, 3.8) is 0 Å². The molecule has 3 nitrogen and oxygen atoms in total. The van der Waals surface area contributed by atoms with Gasteiger partial charge in [0.25, 0.3) is 0 Å². The van der Waals surface area contributed by atoms with Crippen LogP contribution in [0.3, 0.4) is 0 Å². The van der Waals surface area contributed by atoms with Crippen LogP contribution < -0.4 is 5.32 Å². The Bertz CT molecular complexity index is 323. The van der Waals surface area contributed by atoms with Crippen LogP contribution in [0.15, 0.2) is 18.7 Å². The highest BCUT2D eigenvalue weighted by atomic mass is 14.9. The van der Waals surface area contributed by atoms with Crippen molar-refractivity contribution in [3.05, 3.63) is 24.3 Å². The Morgan fingerprint density at radius 3 is 2.65 bits per heavy atom. The lowest BCUT2D eigenvalue weighted by Gasteiger charge is -2.32. The van der Waals surface area contributed by atoms with Crippen LogP contribution in [0.25, 0.3) is 0 Å². The molecular formula is C14H23N3. The second-order valence-electron chi connectivity index (χ2n) is 5.39. The van der Waals surface area contributed by atoms with Crippen LogP contribution in [-0.2, 0) is 0 Å². The Morgan fingerprint density at radius 2 is 1.94 bits per heavy atom. The fraction of sp³-hybridized carbons (Fsp3) is 0.714. The monoisotopic (exact) mass is 233 g/mol. The third-order valence-corrected chi connectivity index (χ3v) is 3.71. The normalized spacial score (nSPS) is 25.1. The van der Waals surface area contributed by atoms with Crippen molar-refractivity contribution < 1.29 is 0 Å². The Labute approximate surface area is 104 Å². The predicted octanol–water partition coefficient (Wildman–Crippen LogP) is 2.75. The van der Waals surface area contributed by atoms with Crippen molar-refractivity contribution in [2.24, 2.45) is 5.92 Å². The minimum absolute atomic E-state index is 0.574. The fourth-order valence-electron chi connectivity index (χ4n) is 2.78. The summed E-state index contributed by atoms with van der Waals surface area (Å²) >= 11 is 0. The van der Waals surface area contributed by atoms with Gasteiger partial charge in [-0.3, -0.25) is 0 Å². The summed E-state index contributed by atoms with van der Waals surface area (Å²) in [4.78, 5) is 8.32. The maximum absolute atomic E-state index is 4.16. The molecule has 1 aromatic rings. The molecule has 0 saturated heterocycles. The number of hydrogen-bond donors (Lipinski definition) is 1. The predicted molar refractivity (Wildman–Crippen MR) is 69.9 cm³/mol. The highest BCUT2D eigenvalue weighted by molar-refractivity contribution is 5.12. The molecule has 2 atom stereocenters. The van der Waals surface area contributed by atoms with Gasteiger partial charge >= 0.3 is 0 Å². The number of hydrogen-bond acceptors (Lipinski definition) is 3. The van der Waals surface area contributed by atoms with Crippen molar-refractivity contribution in [1.82, 2.24) is 15.3 Å². The van der Waals surface area contributed by atoms with E-state index in [9.17, 15) is 0 Å². The van der Waals surface area contributed by atoms with Gasteiger partial charge in [0.1, 0.15) is 6.33 Å². The molecule has 0 spiro atoms. The molecule has 2 rings (SSSR count). The Hall–Kier alpha value is -0.960. The van der Waals surface area contributed by atoms with Gasteiger partial charge in [-0.1, -0.05) is 26.7 Å².